The average Bonchev–Trinajstić information content (AvgIpc) is 2.47. The van der Waals surface area contributed by atoms with Crippen molar-refractivity contribution >= 4 is 7.94 Å². The van der Waals surface area contributed by atoms with Crippen LogP contribution in [-0.4, -0.2) is 11.1 Å². The third kappa shape index (κ3) is 4.52. The van der Waals surface area contributed by atoms with Crippen LogP contribution in [0.1, 0.15) is 19.8 Å². The highest BCUT2D eigenvalue weighted by molar-refractivity contribution is 7.61. The van der Waals surface area contributed by atoms with Crippen LogP contribution in [0.4, 0.5) is 0 Å². The molecule has 0 heterocycles. The van der Waals surface area contributed by atoms with Gasteiger partial charge in [0.15, 0.2) is 17.7 Å². The van der Waals surface area contributed by atoms with Gasteiger partial charge in [-0.1, -0.05) is 49.7 Å². The van der Waals surface area contributed by atoms with E-state index in [1.165, 1.54) is 0 Å². The van der Waals surface area contributed by atoms with Crippen molar-refractivity contribution in [2.24, 2.45) is 0 Å². The molecule has 20 heavy (non-hydrogen) atoms. The van der Waals surface area contributed by atoms with Gasteiger partial charge in [0.05, 0.1) is 0 Å². The van der Waals surface area contributed by atoms with Crippen molar-refractivity contribution in [3.63, 3.8) is 0 Å². The molecular weight excluding hydrogens is 271 g/mol. The van der Waals surface area contributed by atoms with Crippen LogP contribution >= 0.6 is 7.94 Å². The molecule has 0 aliphatic heterocycles. The van der Waals surface area contributed by atoms with E-state index in [1.54, 1.807) is 0 Å². The number of benzene rings is 2. The quantitative estimate of drug-likeness (QED) is 0.751. The molecule has 4 heteroatoms. The molecule has 0 amide bonds. The van der Waals surface area contributed by atoms with Gasteiger partial charge in [-0.15, -0.1) is 0 Å². The fourth-order valence-corrected chi connectivity index (χ4v) is 3.60. The average molecular weight is 291 g/mol. The minimum Gasteiger partial charge on any atom is -0.278 e. The molecule has 0 bridgehead atoms. The molecule has 0 radical (unpaired) electrons. The molecule has 0 fully saturated rings. The first kappa shape index (κ1) is 14.8. The van der Waals surface area contributed by atoms with Crippen LogP contribution in [-0.2, 0) is 0 Å². The summed E-state index contributed by atoms with van der Waals surface area (Å²) in [5.74, 6) is 1.27. The van der Waals surface area contributed by atoms with E-state index in [2.05, 4.69) is 6.92 Å². The fraction of sp³-hybridized carbons (Fsp3) is 0.250. The summed E-state index contributed by atoms with van der Waals surface area (Å²) < 4.78 is 11.5. The summed E-state index contributed by atoms with van der Waals surface area (Å²) >= 11 is 0. The Balaban J connectivity index is 2.12. The number of unbranched alkanes of at least 4 members (excludes halogenated alkanes) is 1. The highest BCUT2D eigenvalue weighted by atomic mass is 31.2. The topological polar surface area (TPSA) is 38.7 Å². The van der Waals surface area contributed by atoms with Gasteiger partial charge in [0.25, 0.3) is 0 Å². The lowest BCUT2D eigenvalue weighted by Gasteiger charge is -2.17. The third-order valence-corrected chi connectivity index (χ3v) is 4.65. The largest absolute Gasteiger partial charge is 0.495 e. The van der Waals surface area contributed by atoms with Gasteiger partial charge in [0.1, 0.15) is 0 Å². The minimum atomic E-state index is -2.93. The number of hydrogen-bond donors (Lipinski definition) is 1. The molecule has 0 atom stereocenters. The Labute approximate surface area is 120 Å². The number of para-hydroxylation sites is 2. The Hall–Kier alpha value is -1.57. The van der Waals surface area contributed by atoms with Crippen molar-refractivity contribution in [2.45, 2.75) is 19.8 Å². The van der Waals surface area contributed by atoms with Gasteiger partial charge >= 0.3 is 7.94 Å². The highest BCUT2D eigenvalue weighted by Gasteiger charge is 2.42. The highest BCUT2D eigenvalue weighted by Crippen LogP contribution is 2.56. The monoisotopic (exact) mass is 291 g/mol. The summed E-state index contributed by atoms with van der Waals surface area (Å²) in [5.41, 5.74) is 0. The van der Waals surface area contributed by atoms with E-state index in [0.717, 1.165) is 12.8 Å². The van der Waals surface area contributed by atoms with Crippen molar-refractivity contribution in [3.05, 3.63) is 60.7 Å². The van der Waals surface area contributed by atoms with Gasteiger partial charge in [-0.2, -0.15) is 4.89 Å². The summed E-state index contributed by atoms with van der Waals surface area (Å²) in [4.78, 5) is 10.7. The zero-order chi connectivity index (χ0) is 14.3. The Morgan fingerprint density at radius 2 is 1.30 bits per heavy atom. The lowest BCUT2D eigenvalue weighted by molar-refractivity contribution is 0.345. The van der Waals surface area contributed by atoms with Crippen LogP contribution in [0.5, 0.6) is 11.5 Å². The minimum absolute atomic E-state index is 0.521. The third-order valence-electron chi connectivity index (χ3n) is 2.78. The van der Waals surface area contributed by atoms with Crippen molar-refractivity contribution in [1.82, 2.24) is 0 Å². The first-order valence-corrected chi connectivity index (χ1v) is 8.58. The zero-order valence-electron chi connectivity index (χ0n) is 11.6. The molecular formula is C16H20O3P+. The SMILES string of the molecule is CCCC[P+](O)(Oc1ccccc1)Oc1ccccc1. The predicted octanol–water partition coefficient (Wildman–Crippen LogP) is 4.70. The second-order valence-corrected chi connectivity index (χ2v) is 6.61. The van der Waals surface area contributed by atoms with E-state index >= 15 is 0 Å². The molecule has 0 saturated heterocycles. The molecule has 0 spiro atoms. The maximum Gasteiger partial charge on any atom is 0.495 e. The van der Waals surface area contributed by atoms with E-state index in [4.69, 9.17) is 9.05 Å². The van der Waals surface area contributed by atoms with Crippen LogP contribution in [0.3, 0.4) is 0 Å². The first-order chi connectivity index (χ1) is 9.72. The van der Waals surface area contributed by atoms with E-state index < -0.39 is 7.94 Å². The van der Waals surface area contributed by atoms with E-state index in [1.807, 2.05) is 60.7 Å². The lowest BCUT2D eigenvalue weighted by Crippen LogP contribution is -2.12. The van der Waals surface area contributed by atoms with Crippen LogP contribution < -0.4 is 9.05 Å². The summed E-state index contributed by atoms with van der Waals surface area (Å²) in [7, 11) is -2.93. The molecule has 3 nitrogen and oxygen atoms in total. The maximum absolute atomic E-state index is 10.7. The molecule has 2 aromatic carbocycles. The van der Waals surface area contributed by atoms with Crippen molar-refractivity contribution < 1.29 is 13.9 Å². The first-order valence-electron chi connectivity index (χ1n) is 6.82. The second-order valence-electron chi connectivity index (χ2n) is 4.52. The fourth-order valence-electron chi connectivity index (χ4n) is 1.76. The van der Waals surface area contributed by atoms with E-state index in [9.17, 15) is 4.89 Å². The smallest absolute Gasteiger partial charge is 0.278 e. The Morgan fingerprint density at radius 1 is 0.850 bits per heavy atom. The zero-order valence-corrected chi connectivity index (χ0v) is 12.5. The van der Waals surface area contributed by atoms with Gasteiger partial charge in [-0.3, -0.25) is 9.05 Å². The summed E-state index contributed by atoms with van der Waals surface area (Å²) in [6.07, 6.45) is 2.37. The van der Waals surface area contributed by atoms with Crippen LogP contribution in [0.25, 0.3) is 0 Å². The lowest BCUT2D eigenvalue weighted by atomic mass is 10.3. The van der Waals surface area contributed by atoms with Crippen molar-refractivity contribution in [2.75, 3.05) is 6.16 Å². The summed E-state index contributed by atoms with van der Waals surface area (Å²) in [6, 6.07) is 18.6. The predicted molar refractivity (Wildman–Crippen MR) is 83.1 cm³/mol. The van der Waals surface area contributed by atoms with Crippen molar-refractivity contribution in [3.8, 4) is 11.5 Å². The van der Waals surface area contributed by atoms with Gasteiger partial charge in [0, 0.05) is 0 Å². The molecule has 0 aromatic heterocycles. The van der Waals surface area contributed by atoms with E-state index in [-0.39, 0.29) is 0 Å². The van der Waals surface area contributed by atoms with Crippen LogP contribution in [0.2, 0.25) is 0 Å². The molecule has 0 unspecified atom stereocenters. The Morgan fingerprint density at radius 3 is 1.70 bits per heavy atom. The van der Waals surface area contributed by atoms with Gasteiger partial charge in [-0.05, 0) is 30.7 Å². The molecule has 0 saturated carbocycles. The van der Waals surface area contributed by atoms with Crippen molar-refractivity contribution in [1.29, 1.82) is 0 Å². The molecule has 1 N–H and O–H groups in total. The molecule has 2 aromatic rings. The van der Waals surface area contributed by atoms with Gasteiger partial charge in [0.2, 0.25) is 0 Å². The molecule has 0 aliphatic carbocycles. The Kier molecular flexibility index (Phi) is 5.40. The van der Waals surface area contributed by atoms with E-state index in [0.29, 0.717) is 17.7 Å². The standard InChI is InChI=1S/C16H20O3P/c1-2-3-14-20(17,18-15-10-6-4-7-11-15)19-16-12-8-5-9-13-16/h4-13,17H,2-3,14H2,1H3/q+1. The Bertz CT molecular complexity index is 460. The molecule has 106 valence electrons. The second kappa shape index (κ2) is 7.28. The van der Waals surface area contributed by atoms with Gasteiger partial charge in [-0.25, -0.2) is 0 Å². The normalized spacial score (nSPS) is 11.1. The summed E-state index contributed by atoms with van der Waals surface area (Å²) in [6.45, 7) is 2.08. The summed E-state index contributed by atoms with van der Waals surface area (Å²) in [5, 5.41) is 0. The maximum atomic E-state index is 10.7. The van der Waals surface area contributed by atoms with Crippen LogP contribution in [0.15, 0.2) is 60.7 Å². The number of rotatable bonds is 7. The van der Waals surface area contributed by atoms with Crippen LogP contribution in [0, 0.1) is 0 Å². The molecule has 0 aliphatic rings. The number of hydrogen-bond acceptors (Lipinski definition) is 3. The molecule has 2 rings (SSSR count). The van der Waals surface area contributed by atoms with Gasteiger partial charge < -0.3 is 0 Å².